The summed E-state index contributed by atoms with van der Waals surface area (Å²) in [5.41, 5.74) is 13.1. The molecule has 0 spiro atoms. The summed E-state index contributed by atoms with van der Waals surface area (Å²) in [5, 5.41) is 5.16. The van der Waals surface area contributed by atoms with Gasteiger partial charge in [0.15, 0.2) is 0 Å². The zero-order valence-corrected chi connectivity index (χ0v) is 23.4. The first-order valence-electron chi connectivity index (χ1n) is 14.5. The van der Waals surface area contributed by atoms with E-state index in [1.807, 2.05) is 0 Å². The standard InChI is InChI=1S/C41H30/c1-41(2)37-19-11-10-14-31(37)36-26-30(24-25-38(36)41)40-34-17-8-6-15-32(34)39(33-16-7-9-18-35(33)40)29-22-20-28(21-23-29)27-12-4-3-5-13-27/h3-26H,1-2H3. The Morgan fingerprint density at radius 1 is 0.341 bits per heavy atom. The fraction of sp³-hybridized carbons (Fsp3) is 0.0732. The van der Waals surface area contributed by atoms with Crippen LogP contribution in [0.4, 0.5) is 0 Å². The molecule has 7 aromatic rings. The highest BCUT2D eigenvalue weighted by Gasteiger charge is 2.35. The Hall–Kier alpha value is -4.94. The Morgan fingerprint density at radius 3 is 1.41 bits per heavy atom. The first kappa shape index (κ1) is 23.9. The maximum absolute atomic E-state index is 2.44. The molecule has 0 atom stereocenters. The number of fused-ring (bicyclic) bond motifs is 5. The average Bonchev–Trinajstić information content (AvgIpc) is 3.26. The molecule has 0 fully saturated rings. The van der Waals surface area contributed by atoms with E-state index in [-0.39, 0.29) is 5.41 Å². The molecule has 0 bridgehead atoms. The fourth-order valence-electron chi connectivity index (χ4n) is 7.09. The number of hydrogen-bond acceptors (Lipinski definition) is 0. The van der Waals surface area contributed by atoms with Crippen LogP contribution in [0.25, 0.3) is 66.1 Å². The van der Waals surface area contributed by atoms with Crippen LogP contribution < -0.4 is 0 Å². The molecule has 0 saturated carbocycles. The predicted molar refractivity (Wildman–Crippen MR) is 175 cm³/mol. The maximum Gasteiger partial charge on any atom is 0.0158 e. The molecule has 0 nitrogen and oxygen atoms in total. The lowest BCUT2D eigenvalue weighted by Gasteiger charge is -2.22. The first-order chi connectivity index (χ1) is 20.1. The minimum atomic E-state index is 0.00433. The van der Waals surface area contributed by atoms with Gasteiger partial charge in [-0.05, 0) is 83.2 Å². The lowest BCUT2D eigenvalue weighted by atomic mass is 9.81. The second-order valence-corrected chi connectivity index (χ2v) is 11.7. The minimum Gasteiger partial charge on any atom is -0.0622 e. The highest BCUT2D eigenvalue weighted by atomic mass is 14.4. The van der Waals surface area contributed by atoms with Gasteiger partial charge in [0.05, 0.1) is 0 Å². The smallest absolute Gasteiger partial charge is 0.0158 e. The highest BCUT2D eigenvalue weighted by Crippen LogP contribution is 2.51. The van der Waals surface area contributed by atoms with Crippen molar-refractivity contribution in [3.63, 3.8) is 0 Å². The van der Waals surface area contributed by atoms with Crippen molar-refractivity contribution in [2.45, 2.75) is 19.3 Å². The van der Waals surface area contributed by atoms with Crippen molar-refractivity contribution >= 4 is 21.5 Å². The van der Waals surface area contributed by atoms with Crippen molar-refractivity contribution in [1.82, 2.24) is 0 Å². The summed E-state index contributed by atoms with van der Waals surface area (Å²) in [6.07, 6.45) is 0. The van der Waals surface area contributed by atoms with E-state index in [4.69, 9.17) is 0 Å². The first-order valence-corrected chi connectivity index (χ1v) is 14.5. The molecule has 1 aliphatic rings. The quantitative estimate of drug-likeness (QED) is 0.202. The van der Waals surface area contributed by atoms with E-state index in [9.17, 15) is 0 Å². The molecular formula is C41H30. The van der Waals surface area contributed by atoms with Gasteiger partial charge in [-0.2, -0.15) is 0 Å². The van der Waals surface area contributed by atoms with Crippen molar-refractivity contribution in [3.05, 3.63) is 157 Å². The Bertz CT molecular complexity index is 2040. The van der Waals surface area contributed by atoms with Gasteiger partial charge >= 0.3 is 0 Å². The van der Waals surface area contributed by atoms with Gasteiger partial charge in [-0.15, -0.1) is 0 Å². The van der Waals surface area contributed by atoms with Crippen molar-refractivity contribution in [2.24, 2.45) is 0 Å². The maximum atomic E-state index is 2.44. The van der Waals surface area contributed by atoms with Crippen LogP contribution in [0.5, 0.6) is 0 Å². The van der Waals surface area contributed by atoms with E-state index in [0.29, 0.717) is 0 Å². The third-order valence-corrected chi connectivity index (χ3v) is 9.08. The highest BCUT2D eigenvalue weighted by molar-refractivity contribution is 6.21. The second-order valence-electron chi connectivity index (χ2n) is 11.7. The largest absolute Gasteiger partial charge is 0.0622 e. The molecule has 0 N–H and O–H groups in total. The van der Waals surface area contributed by atoms with Crippen LogP contribution in [0.2, 0.25) is 0 Å². The molecular weight excluding hydrogens is 492 g/mol. The summed E-state index contributed by atoms with van der Waals surface area (Å²) < 4.78 is 0. The van der Waals surface area contributed by atoms with Crippen LogP contribution in [0.3, 0.4) is 0 Å². The van der Waals surface area contributed by atoms with Crippen LogP contribution in [0, 0.1) is 0 Å². The zero-order valence-electron chi connectivity index (χ0n) is 23.4. The van der Waals surface area contributed by atoms with Gasteiger partial charge in [0.25, 0.3) is 0 Å². The third-order valence-electron chi connectivity index (χ3n) is 9.08. The van der Waals surface area contributed by atoms with E-state index in [0.717, 1.165) is 0 Å². The summed E-state index contributed by atoms with van der Waals surface area (Å²) in [6, 6.07) is 53.6. The Labute approximate surface area is 241 Å². The summed E-state index contributed by atoms with van der Waals surface area (Å²) >= 11 is 0. The van der Waals surface area contributed by atoms with E-state index >= 15 is 0 Å². The molecule has 8 rings (SSSR count). The SMILES string of the molecule is CC1(C)c2ccccc2-c2cc(-c3c4ccccc4c(-c4ccc(-c5ccccc5)cc4)c4ccccc34)ccc21. The van der Waals surface area contributed by atoms with Gasteiger partial charge in [-0.3, -0.25) is 0 Å². The molecule has 0 heterocycles. The summed E-state index contributed by atoms with van der Waals surface area (Å²) in [5.74, 6) is 0. The average molecular weight is 523 g/mol. The van der Waals surface area contributed by atoms with Gasteiger partial charge in [-0.1, -0.05) is 153 Å². The van der Waals surface area contributed by atoms with Crippen molar-refractivity contribution in [2.75, 3.05) is 0 Å². The molecule has 0 unspecified atom stereocenters. The Balaban J connectivity index is 1.38. The molecule has 1 aliphatic carbocycles. The zero-order chi connectivity index (χ0) is 27.6. The minimum absolute atomic E-state index is 0.00433. The lowest BCUT2D eigenvalue weighted by molar-refractivity contribution is 0.660. The molecule has 0 aliphatic heterocycles. The predicted octanol–water partition coefficient (Wildman–Crippen LogP) is 11.3. The number of rotatable bonds is 3. The topological polar surface area (TPSA) is 0 Å². The molecule has 0 aromatic heterocycles. The molecule has 0 saturated heterocycles. The Kier molecular flexibility index (Phi) is 5.27. The van der Waals surface area contributed by atoms with E-state index in [2.05, 4.69) is 159 Å². The van der Waals surface area contributed by atoms with Crippen LogP contribution in [-0.4, -0.2) is 0 Å². The van der Waals surface area contributed by atoms with Crippen LogP contribution in [0.1, 0.15) is 25.0 Å². The van der Waals surface area contributed by atoms with Crippen LogP contribution in [0.15, 0.2) is 146 Å². The van der Waals surface area contributed by atoms with Gasteiger partial charge in [0.2, 0.25) is 0 Å². The van der Waals surface area contributed by atoms with Crippen molar-refractivity contribution in [1.29, 1.82) is 0 Å². The fourth-order valence-corrected chi connectivity index (χ4v) is 7.09. The molecule has 0 amide bonds. The Morgan fingerprint density at radius 2 is 0.780 bits per heavy atom. The van der Waals surface area contributed by atoms with Gasteiger partial charge in [0, 0.05) is 5.41 Å². The molecule has 0 heteroatoms. The third kappa shape index (κ3) is 3.61. The molecule has 41 heavy (non-hydrogen) atoms. The normalized spacial score (nSPS) is 13.3. The van der Waals surface area contributed by atoms with Gasteiger partial charge < -0.3 is 0 Å². The summed E-state index contributed by atoms with van der Waals surface area (Å²) in [4.78, 5) is 0. The molecule has 7 aromatic carbocycles. The van der Waals surface area contributed by atoms with E-state index in [1.54, 1.807) is 0 Å². The van der Waals surface area contributed by atoms with Crippen LogP contribution >= 0.6 is 0 Å². The van der Waals surface area contributed by atoms with Crippen LogP contribution in [-0.2, 0) is 5.41 Å². The number of hydrogen-bond donors (Lipinski definition) is 0. The summed E-state index contributed by atoms with van der Waals surface area (Å²) in [7, 11) is 0. The molecule has 194 valence electrons. The summed E-state index contributed by atoms with van der Waals surface area (Å²) in [6.45, 7) is 4.69. The van der Waals surface area contributed by atoms with Gasteiger partial charge in [0.1, 0.15) is 0 Å². The van der Waals surface area contributed by atoms with Crippen molar-refractivity contribution in [3.8, 4) is 44.5 Å². The van der Waals surface area contributed by atoms with E-state index in [1.165, 1.54) is 77.2 Å². The lowest BCUT2D eigenvalue weighted by Crippen LogP contribution is -2.14. The number of benzene rings is 7. The second kappa shape index (κ2) is 9.04. The van der Waals surface area contributed by atoms with E-state index < -0.39 is 0 Å². The van der Waals surface area contributed by atoms with Crippen molar-refractivity contribution < 1.29 is 0 Å². The monoisotopic (exact) mass is 522 g/mol. The van der Waals surface area contributed by atoms with Gasteiger partial charge in [-0.25, -0.2) is 0 Å². The molecule has 0 radical (unpaired) electrons.